The standard InChI is InChI=1S/C56H105O11P/c1-4-7-10-13-16-19-22-24-26-28-31-34-37-40-43-46-55(59)66-52(48-57)50-64-68(61,62)65-51-53(49-63-54(58)45-42-39-36-33-30-21-18-15-12-9-6-3)67-56(60)47-44-41-38-35-32-29-27-25-23-20-17-14-11-8-5-2/h17,20,25,27,52-53,57H,4-16,18-19,21-24,26,28-51H2,1-3H3,(H,61,62)/b20-17-,27-25-. The van der Waals surface area contributed by atoms with Gasteiger partial charge in [-0.15, -0.1) is 0 Å². The van der Waals surface area contributed by atoms with Crippen molar-refractivity contribution in [1.82, 2.24) is 0 Å². The predicted octanol–water partition coefficient (Wildman–Crippen LogP) is 16.3. The molecule has 0 radical (unpaired) electrons. The number of unbranched alkanes of at least 4 members (excludes halogenated alkanes) is 32. The molecule has 12 heteroatoms. The second-order valence-electron chi connectivity index (χ2n) is 19.1. The molecular weight excluding hydrogens is 880 g/mol. The van der Waals surface area contributed by atoms with Crippen LogP contribution in [0.2, 0.25) is 0 Å². The molecule has 0 amide bonds. The topological polar surface area (TPSA) is 155 Å². The Morgan fingerprint density at radius 1 is 0.412 bits per heavy atom. The van der Waals surface area contributed by atoms with Gasteiger partial charge in [-0.1, -0.05) is 231 Å². The molecule has 0 bridgehead atoms. The summed E-state index contributed by atoms with van der Waals surface area (Å²) in [4.78, 5) is 48.4. The molecule has 0 heterocycles. The molecule has 2 N–H and O–H groups in total. The summed E-state index contributed by atoms with van der Waals surface area (Å²) in [6, 6.07) is 0. The number of carbonyl (C=O) groups excluding carboxylic acids is 3. The van der Waals surface area contributed by atoms with Crippen LogP contribution in [0.5, 0.6) is 0 Å². The quantitative estimate of drug-likeness (QED) is 0.0197. The summed E-state index contributed by atoms with van der Waals surface area (Å²) in [7, 11) is -4.74. The number of carbonyl (C=O) groups is 3. The molecule has 0 aliphatic carbocycles. The van der Waals surface area contributed by atoms with Crippen LogP contribution >= 0.6 is 7.82 Å². The van der Waals surface area contributed by atoms with Crippen LogP contribution in [-0.4, -0.2) is 66.5 Å². The van der Waals surface area contributed by atoms with Gasteiger partial charge in [-0.3, -0.25) is 23.4 Å². The van der Waals surface area contributed by atoms with Crippen molar-refractivity contribution in [2.75, 3.05) is 26.4 Å². The lowest BCUT2D eigenvalue weighted by atomic mass is 10.0. The third-order valence-electron chi connectivity index (χ3n) is 12.4. The molecule has 11 nitrogen and oxygen atoms in total. The van der Waals surface area contributed by atoms with E-state index in [0.29, 0.717) is 19.3 Å². The summed E-state index contributed by atoms with van der Waals surface area (Å²) >= 11 is 0. The number of phosphoric ester groups is 1. The van der Waals surface area contributed by atoms with Crippen molar-refractivity contribution in [3.8, 4) is 0 Å². The molecule has 0 fully saturated rings. The third-order valence-corrected chi connectivity index (χ3v) is 13.3. The first-order valence-corrected chi connectivity index (χ1v) is 29.7. The molecule has 68 heavy (non-hydrogen) atoms. The summed E-state index contributed by atoms with van der Waals surface area (Å²) < 4.78 is 39.4. The maximum absolute atomic E-state index is 12.9. The van der Waals surface area contributed by atoms with Crippen LogP contribution in [0, 0.1) is 0 Å². The van der Waals surface area contributed by atoms with Crippen LogP contribution in [0.1, 0.15) is 278 Å². The second kappa shape index (κ2) is 51.3. The van der Waals surface area contributed by atoms with Crippen LogP contribution in [0.25, 0.3) is 0 Å². The molecule has 0 aromatic carbocycles. The van der Waals surface area contributed by atoms with Crippen LogP contribution in [-0.2, 0) is 42.2 Å². The Labute approximate surface area is 417 Å². The number of aliphatic hydroxyl groups is 1. The van der Waals surface area contributed by atoms with E-state index in [0.717, 1.165) is 83.5 Å². The number of aliphatic hydroxyl groups excluding tert-OH is 1. The van der Waals surface area contributed by atoms with E-state index >= 15 is 0 Å². The van der Waals surface area contributed by atoms with E-state index < -0.39 is 57.8 Å². The summed E-state index contributed by atoms with van der Waals surface area (Å²) in [6.07, 6.45) is 49.9. The Hall–Kier alpha value is -2.04. The van der Waals surface area contributed by atoms with Gasteiger partial charge >= 0.3 is 25.7 Å². The monoisotopic (exact) mass is 985 g/mol. The molecule has 0 rings (SSSR count). The normalized spacial score (nSPS) is 13.5. The minimum atomic E-state index is -4.74. The molecule has 0 saturated heterocycles. The van der Waals surface area contributed by atoms with E-state index in [-0.39, 0.29) is 25.9 Å². The fourth-order valence-electron chi connectivity index (χ4n) is 8.03. The van der Waals surface area contributed by atoms with Gasteiger partial charge in [-0.25, -0.2) is 4.57 Å². The van der Waals surface area contributed by atoms with Crippen molar-refractivity contribution in [2.24, 2.45) is 0 Å². The van der Waals surface area contributed by atoms with E-state index in [1.54, 1.807) is 0 Å². The first-order chi connectivity index (χ1) is 33.2. The summed E-state index contributed by atoms with van der Waals surface area (Å²) in [5, 5.41) is 9.80. The van der Waals surface area contributed by atoms with Gasteiger partial charge in [0.2, 0.25) is 0 Å². The summed E-state index contributed by atoms with van der Waals surface area (Å²) in [5.41, 5.74) is 0. The number of rotatable bonds is 53. The first-order valence-electron chi connectivity index (χ1n) is 28.2. The number of allylic oxidation sites excluding steroid dienone is 4. The predicted molar refractivity (Wildman–Crippen MR) is 280 cm³/mol. The zero-order valence-corrected chi connectivity index (χ0v) is 45.0. The van der Waals surface area contributed by atoms with Crippen LogP contribution in [0.3, 0.4) is 0 Å². The average Bonchev–Trinajstić information content (AvgIpc) is 3.32. The average molecular weight is 985 g/mol. The highest BCUT2D eigenvalue weighted by atomic mass is 31.2. The van der Waals surface area contributed by atoms with Gasteiger partial charge in [0.05, 0.1) is 19.8 Å². The summed E-state index contributed by atoms with van der Waals surface area (Å²) in [5.74, 6) is -1.46. The number of hydrogen-bond donors (Lipinski definition) is 2. The van der Waals surface area contributed by atoms with Gasteiger partial charge in [-0.2, -0.15) is 0 Å². The SMILES string of the molecule is CCCCC/C=C\C/C=C\CCCCCCCC(=O)OC(COC(=O)CCCCCCCCCCCCC)COP(=O)(O)OCC(CO)OC(=O)CCCCCCCCCCCCCCCCC. The van der Waals surface area contributed by atoms with Crippen molar-refractivity contribution in [2.45, 2.75) is 290 Å². The zero-order valence-electron chi connectivity index (χ0n) is 44.1. The van der Waals surface area contributed by atoms with E-state index in [4.69, 9.17) is 23.3 Å². The van der Waals surface area contributed by atoms with E-state index in [2.05, 4.69) is 45.1 Å². The third kappa shape index (κ3) is 49.0. The van der Waals surface area contributed by atoms with Gasteiger partial charge in [0.25, 0.3) is 0 Å². The number of hydrogen-bond acceptors (Lipinski definition) is 10. The van der Waals surface area contributed by atoms with Crippen molar-refractivity contribution < 1.29 is 52.2 Å². The number of phosphoric acid groups is 1. The molecule has 0 saturated carbocycles. The molecule has 0 aromatic heterocycles. The number of esters is 3. The Morgan fingerprint density at radius 3 is 1.12 bits per heavy atom. The second-order valence-corrected chi connectivity index (χ2v) is 20.6. The van der Waals surface area contributed by atoms with Gasteiger partial charge < -0.3 is 24.2 Å². The van der Waals surface area contributed by atoms with E-state index in [9.17, 15) is 28.9 Å². The lowest BCUT2D eigenvalue weighted by Gasteiger charge is -2.21. The highest BCUT2D eigenvalue weighted by Gasteiger charge is 2.28. The van der Waals surface area contributed by atoms with Crippen molar-refractivity contribution in [3.63, 3.8) is 0 Å². The number of ether oxygens (including phenoxy) is 3. The minimum absolute atomic E-state index is 0.157. The Bertz CT molecular complexity index is 1240. The summed E-state index contributed by atoms with van der Waals surface area (Å²) in [6.45, 7) is 4.63. The maximum Gasteiger partial charge on any atom is 0.472 e. The highest BCUT2D eigenvalue weighted by molar-refractivity contribution is 7.47. The largest absolute Gasteiger partial charge is 0.472 e. The molecule has 0 aliphatic rings. The van der Waals surface area contributed by atoms with Gasteiger partial charge in [0.15, 0.2) is 6.10 Å². The lowest BCUT2D eigenvalue weighted by molar-refractivity contribution is -0.161. The van der Waals surface area contributed by atoms with Gasteiger partial charge in [0, 0.05) is 19.3 Å². The van der Waals surface area contributed by atoms with Crippen LogP contribution < -0.4 is 0 Å². The molecular formula is C56H105O11P. The molecule has 3 atom stereocenters. The Kier molecular flexibility index (Phi) is 49.8. The molecule has 3 unspecified atom stereocenters. The fourth-order valence-corrected chi connectivity index (χ4v) is 8.82. The van der Waals surface area contributed by atoms with Crippen LogP contribution in [0.15, 0.2) is 24.3 Å². The van der Waals surface area contributed by atoms with Crippen molar-refractivity contribution in [1.29, 1.82) is 0 Å². The zero-order chi connectivity index (χ0) is 49.9. The van der Waals surface area contributed by atoms with Crippen molar-refractivity contribution in [3.05, 3.63) is 24.3 Å². The van der Waals surface area contributed by atoms with Gasteiger partial charge in [-0.05, 0) is 51.4 Å². The van der Waals surface area contributed by atoms with E-state index in [1.807, 2.05) is 0 Å². The maximum atomic E-state index is 12.9. The van der Waals surface area contributed by atoms with Crippen molar-refractivity contribution >= 4 is 25.7 Å². The van der Waals surface area contributed by atoms with E-state index in [1.165, 1.54) is 135 Å². The lowest BCUT2D eigenvalue weighted by Crippen LogP contribution is -2.30. The Balaban J connectivity index is 4.67. The van der Waals surface area contributed by atoms with Crippen LogP contribution in [0.4, 0.5) is 0 Å². The molecule has 0 aromatic rings. The fraction of sp³-hybridized carbons (Fsp3) is 0.875. The first kappa shape index (κ1) is 66.0. The minimum Gasteiger partial charge on any atom is -0.462 e. The molecule has 400 valence electrons. The Morgan fingerprint density at radius 2 is 0.721 bits per heavy atom. The smallest absolute Gasteiger partial charge is 0.462 e. The highest BCUT2D eigenvalue weighted by Crippen LogP contribution is 2.43. The molecule has 0 aliphatic heterocycles. The molecule has 0 spiro atoms. The van der Waals surface area contributed by atoms with Gasteiger partial charge in [0.1, 0.15) is 12.7 Å².